The van der Waals surface area contributed by atoms with E-state index in [0.717, 1.165) is 19.4 Å². The number of nitrogens with zero attached hydrogens (tertiary/aromatic N) is 2. The molecule has 2 heterocycles. The fraction of sp³-hybridized carbons (Fsp3) is 0.421. The molecule has 2 unspecified atom stereocenters. The lowest BCUT2D eigenvalue weighted by molar-refractivity contribution is -0.134. The minimum absolute atomic E-state index is 0.0542. The number of benzene rings is 1. The van der Waals surface area contributed by atoms with Gasteiger partial charge in [-0.3, -0.25) is 14.9 Å². The second-order valence-electron chi connectivity index (χ2n) is 6.75. The molecule has 1 fully saturated rings. The van der Waals surface area contributed by atoms with Crippen molar-refractivity contribution in [1.29, 1.82) is 0 Å². The van der Waals surface area contributed by atoms with Crippen molar-refractivity contribution in [3.8, 4) is 0 Å². The van der Waals surface area contributed by atoms with E-state index < -0.39 is 0 Å². The van der Waals surface area contributed by atoms with Crippen LogP contribution in [0.25, 0.3) is 0 Å². The summed E-state index contributed by atoms with van der Waals surface area (Å²) in [4.78, 5) is 31.1. The van der Waals surface area contributed by atoms with Crippen LogP contribution in [0, 0.1) is 5.92 Å². The molecule has 2 aromatic rings. The van der Waals surface area contributed by atoms with Crippen LogP contribution in [-0.4, -0.2) is 40.8 Å². The highest BCUT2D eigenvalue weighted by molar-refractivity contribution is 7.14. The molecule has 3 N–H and O–H groups in total. The van der Waals surface area contributed by atoms with Crippen molar-refractivity contribution in [2.24, 2.45) is 11.7 Å². The molecule has 1 aromatic carbocycles. The minimum atomic E-state index is -0.203. The predicted molar refractivity (Wildman–Crippen MR) is 103 cm³/mol. The van der Waals surface area contributed by atoms with Gasteiger partial charge in [0.05, 0.1) is 12.1 Å². The second kappa shape index (κ2) is 8.42. The average molecular weight is 372 g/mol. The van der Waals surface area contributed by atoms with Crippen LogP contribution in [0.5, 0.6) is 0 Å². The molecule has 1 aliphatic heterocycles. The molecule has 1 aromatic heterocycles. The number of likely N-dealkylation sites (tertiary alicyclic amines) is 1. The third kappa shape index (κ3) is 4.47. The van der Waals surface area contributed by atoms with E-state index in [-0.39, 0.29) is 24.3 Å². The van der Waals surface area contributed by atoms with Crippen molar-refractivity contribution < 1.29 is 9.59 Å². The van der Waals surface area contributed by atoms with Crippen molar-refractivity contribution >= 4 is 28.3 Å². The summed E-state index contributed by atoms with van der Waals surface area (Å²) in [5.74, 6) is 0.455. The number of nitrogens with one attached hydrogen (secondary N) is 1. The van der Waals surface area contributed by atoms with E-state index in [2.05, 4.69) is 17.2 Å². The molecule has 2 atom stereocenters. The van der Waals surface area contributed by atoms with Gasteiger partial charge < -0.3 is 10.6 Å². The quantitative estimate of drug-likeness (QED) is 0.844. The zero-order valence-corrected chi connectivity index (χ0v) is 15.7. The van der Waals surface area contributed by atoms with Gasteiger partial charge >= 0.3 is 0 Å². The van der Waals surface area contributed by atoms with Crippen LogP contribution in [0.15, 0.2) is 35.7 Å². The molecular formula is C19H24N4O2S. The van der Waals surface area contributed by atoms with Gasteiger partial charge in [0.25, 0.3) is 5.91 Å². The summed E-state index contributed by atoms with van der Waals surface area (Å²) in [5.41, 5.74) is 7.10. The van der Waals surface area contributed by atoms with E-state index in [9.17, 15) is 9.59 Å². The number of carbonyl (C=O) groups excluding carboxylic acids is 2. The first kappa shape index (κ1) is 18.5. The Morgan fingerprint density at radius 2 is 2.12 bits per heavy atom. The number of rotatable bonds is 5. The topological polar surface area (TPSA) is 88.3 Å². The van der Waals surface area contributed by atoms with Gasteiger partial charge in [-0.1, -0.05) is 25.1 Å². The van der Waals surface area contributed by atoms with Crippen LogP contribution in [0.3, 0.4) is 0 Å². The van der Waals surface area contributed by atoms with Crippen LogP contribution in [0.1, 0.15) is 35.8 Å². The van der Waals surface area contributed by atoms with E-state index in [4.69, 9.17) is 5.73 Å². The van der Waals surface area contributed by atoms with Gasteiger partial charge in [0.15, 0.2) is 5.13 Å². The summed E-state index contributed by atoms with van der Waals surface area (Å²) in [6.45, 7) is 3.45. The number of hydrogen-bond acceptors (Lipinski definition) is 5. The van der Waals surface area contributed by atoms with Crippen molar-refractivity contribution in [3.63, 3.8) is 0 Å². The van der Waals surface area contributed by atoms with Gasteiger partial charge in [0, 0.05) is 30.1 Å². The van der Waals surface area contributed by atoms with Crippen LogP contribution in [-0.2, 0) is 11.2 Å². The van der Waals surface area contributed by atoms with Gasteiger partial charge in [-0.15, -0.1) is 11.3 Å². The summed E-state index contributed by atoms with van der Waals surface area (Å²) >= 11 is 1.33. The zero-order chi connectivity index (χ0) is 18.5. The number of amides is 2. The minimum Gasteiger partial charge on any atom is -0.338 e. The Balaban J connectivity index is 1.59. The molecule has 2 amide bonds. The molecule has 0 radical (unpaired) electrons. The summed E-state index contributed by atoms with van der Waals surface area (Å²) in [7, 11) is 0. The van der Waals surface area contributed by atoms with Crippen molar-refractivity contribution in [1.82, 2.24) is 9.88 Å². The maximum Gasteiger partial charge on any atom is 0.257 e. The molecule has 7 heteroatoms. The molecule has 0 aliphatic carbocycles. The van der Waals surface area contributed by atoms with Gasteiger partial charge in [0.2, 0.25) is 5.91 Å². The Labute approximate surface area is 157 Å². The Bertz CT molecular complexity index is 762. The van der Waals surface area contributed by atoms with Crippen molar-refractivity contribution in [2.45, 2.75) is 32.2 Å². The van der Waals surface area contributed by atoms with Gasteiger partial charge in [-0.25, -0.2) is 4.98 Å². The first-order valence-corrected chi connectivity index (χ1v) is 9.75. The Hall–Kier alpha value is -2.25. The molecule has 138 valence electrons. The lowest BCUT2D eigenvalue weighted by Crippen LogP contribution is -2.49. The summed E-state index contributed by atoms with van der Waals surface area (Å²) < 4.78 is 0. The van der Waals surface area contributed by atoms with E-state index in [1.807, 2.05) is 28.5 Å². The lowest BCUT2D eigenvalue weighted by Gasteiger charge is -2.38. The number of hydrogen-bond donors (Lipinski definition) is 2. The van der Waals surface area contributed by atoms with Gasteiger partial charge in [-0.05, 0) is 30.9 Å². The molecule has 3 rings (SSSR count). The summed E-state index contributed by atoms with van der Waals surface area (Å²) in [6, 6.07) is 9.10. The molecule has 1 saturated heterocycles. The predicted octanol–water partition coefficient (Wildman–Crippen LogP) is 2.52. The normalized spacial score (nSPS) is 20.0. The molecule has 26 heavy (non-hydrogen) atoms. The average Bonchev–Trinajstić information content (AvgIpc) is 3.08. The van der Waals surface area contributed by atoms with E-state index >= 15 is 0 Å². The smallest absolute Gasteiger partial charge is 0.257 e. The number of thiazole rings is 1. The first-order chi connectivity index (χ1) is 12.6. The molecule has 1 aliphatic rings. The fourth-order valence-corrected chi connectivity index (χ4v) is 3.97. The molecule has 6 nitrogen and oxygen atoms in total. The number of anilines is 1. The number of nitrogens with two attached hydrogens (primary N) is 1. The molecule has 0 spiro atoms. The highest BCUT2D eigenvalue weighted by Crippen LogP contribution is 2.23. The largest absolute Gasteiger partial charge is 0.338 e. The molecular weight excluding hydrogens is 348 g/mol. The monoisotopic (exact) mass is 372 g/mol. The number of carbonyl (C=O) groups is 2. The van der Waals surface area contributed by atoms with E-state index in [0.29, 0.717) is 28.9 Å². The Morgan fingerprint density at radius 3 is 2.85 bits per heavy atom. The van der Waals surface area contributed by atoms with Crippen LogP contribution in [0.4, 0.5) is 5.13 Å². The third-order valence-electron chi connectivity index (χ3n) is 4.71. The van der Waals surface area contributed by atoms with Gasteiger partial charge in [-0.2, -0.15) is 0 Å². The highest BCUT2D eigenvalue weighted by atomic mass is 32.1. The summed E-state index contributed by atoms with van der Waals surface area (Å²) in [6.07, 6.45) is 2.21. The van der Waals surface area contributed by atoms with E-state index in [1.54, 1.807) is 12.1 Å². The van der Waals surface area contributed by atoms with Crippen molar-refractivity contribution in [3.05, 3.63) is 47.0 Å². The fourth-order valence-electron chi connectivity index (χ4n) is 3.26. The zero-order valence-electron chi connectivity index (χ0n) is 14.9. The molecule has 0 bridgehead atoms. The van der Waals surface area contributed by atoms with E-state index in [1.165, 1.54) is 11.3 Å². The lowest BCUT2D eigenvalue weighted by atomic mass is 9.92. The molecule has 0 saturated carbocycles. The maximum absolute atomic E-state index is 12.6. The number of aromatic nitrogens is 1. The maximum atomic E-state index is 12.6. The van der Waals surface area contributed by atoms with Gasteiger partial charge in [0.1, 0.15) is 0 Å². The number of piperidine rings is 1. The van der Waals surface area contributed by atoms with Crippen LogP contribution >= 0.6 is 11.3 Å². The van der Waals surface area contributed by atoms with Crippen LogP contribution in [0.2, 0.25) is 0 Å². The standard InChI is InChI=1S/C19H24N4O2S/c1-13-7-8-23(16(9-13)11-20)17(24)10-15-12-26-19(21-15)22-18(25)14-5-3-2-4-6-14/h2-6,12-13,16H,7-11,20H2,1H3,(H,21,22,25). The Kier molecular flexibility index (Phi) is 6.00. The highest BCUT2D eigenvalue weighted by Gasteiger charge is 2.29. The first-order valence-electron chi connectivity index (χ1n) is 8.87. The van der Waals surface area contributed by atoms with Crippen LogP contribution < -0.4 is 11.1 Å². The SMILES string of the molecule is CC1CCN(C(=O)Cc2csc(NC(=O)c3ccccc3)n2)C(CN)C1. The second-order valence-corrected chi connectivity index (χ2v) is 7.61. The summed E-state index contributed by atoms with van der Waals surface area (Å²) in [5, 5.41) is 5.11. The Morgan fingerprint density at radius 1 is 1.35 bits per heavy atom. The third-order valence-corrected chi connectivity index (χ3v) is 5.52. The van der Waals surface area contributed by atoms with Crippen molar-refractivity contribution in [2.75, 3.05) is 18.4 Å².